The molecular formula is C26H26N2O3. The lowest BCUT2D eigenvalue weighted by atomic mass is 9.99. The first kappa shape index (κ1) is 19.6. The molecule has 0 radical (unpaired) electrons. The van der Waals surface area contributed by atoms with Crippen LogP contribution in [0.3, 0.4) is 0 Å². The maximum Gasteiger partial charge on any atom is 0.260 e. The molecule has 1 heterocycles. The van der Waals surface area contributed by atoms with E-state index in [1.165, 1.54) is 0 Å². The normalized spacial score (nSPS) is 15.5. The van der Waals surface area contributed by atoms with E-state index >= 15 is 0 Å². The van der Waals surface area contributed by atoms with Gasteiger partial charge in [0, 0.05) is 23.8 Å². The smallest absolute Gasteiger partial charge is 0.260 e. The molecule has 3 aromatic carbocycles. The number of amides is 2. The number of nitrogens with zero attached hydrogens (tertiary/aromatic N) is 1. The molecule has 1 aliphatic heterocycles. The summed E-state index contributed by atoms with van der Waals surface area (Å²) in [5.41, 5.74) is 3.38. The van der Waals surface area contributed by atoms with Gasteiger partial charge in [-0.1, -0.05) is 30.3 Å². The summed E-state index contributed by atoms with van der Waals surface area (Å²) in [4.78, 5) is 27.9. The average molecular weight is 415 g/mol. The zero-order valence-electron chi connectivity index (χ0n) is 17.7. The second-order valence-corrected chi connectivity index (χ2v) is 8.26. The molecule has 2 aliphatic rings. The van der Waals surface area contributed by atoms with E-state index in [-0.39, 0.29) is 17.7 Å². The average Bonchev–Trinajstić information content (AvgIpc) is 3.63. The monoisotopic (exact) mass is 414 g/mol. The standard InChI is InChI=1S/C26H26N2O3/c1-2-31-23-14-11-17-6-3-4-8-21(17)24(23)25(29)27-20-12-13-22-19(16-20)7-5-15-28(22)26(30)18-9-10-18/h3-4,6,8,11-14,16,18H,2,5,7,9-10,15H2,1H3,(H,27,29). The fraction of sp³-hybridized carbons (Fsp3) is 0.308. The summed E-state index contributed by atoms with van der Waals surface area (Å²) in [7, 11) is 0. The van der Waals surface area contributed by atoms with Gasteiger partial charge in [0.15, 0.2) is 0 Å². The fourth-order valence-electron chi connectivity index (χ4n) is 4.41. The molecule has 0 atom stereocenters. The van der Waals surface area contributed by atoms with Crippen LogP contribution >= 0.6 is 0 Å². The van der Waals surface area contributed by atoms with Crippen LogP contribution in [-0.2, 0) is 11.2 Å². The summed E-state index contributed by atoms with van der Waals surface area (Å²) >= 11 is 0. The Kier molecular flexibility index (Phi) is 5.10. The number of anilines is 2. The first-order valence-electron chi connectivity index (χ1n) is 11.1. The molecule has 0 saturated heterocycles. The predicted octanol–water partition coefficient (Wildman–Crippen LogP) is 5.18. The van der Waals surface area contributed by atoms with E-state index in [1.807, 2.05) is 66.4 Å². The van der Waals surface area contributed by atoms with Crippen LogP contribution < -0.4 is 15.0 Å². The van der Waals surface area contributed by atoms with Gasteiger partial charge >= 0.3 is 0 Å². The van der Waals surface area contributed by atoms with Crippen molar-refractivity contribution >= 4 is 34.0 Å². The predicted molar refractivity (Wildman–Crippen MR) is 123 cm³/mol. The Bertz CT molecular complexity index is 1170. The highest BCUT2D eigenvalue weighted by atomic mass is 16.5. The minimum absolute atomic E-state index is 0.193. The van der Waals surface area contributed by atoms with Crippen LogP contribution in [-0.4, -0.2) is 25.0 Å². The molecule has 2 amide bonds. The van der Waals surface area contributed by atoms with Gasteiger partial charge in [0.1, 0.15) is 5.75 Å². The Morgan fingerprint density at radius 3 is 2.74 bits per heavy atom. The number of ether oxygens (including phenoxy) is 1. The molecule has 0 bridgehead atoms. The van der Waals surface area contributed by atoms with E-state index < -0.39 is 0 Å². The van der Waals surface area contributed by atoms with Crippen LogP contribution in [0.15, 0.2) is 54.6 Å². The quantitative estimate of drug-likeness (QED) is 0.626. The maximum atomic E-state index is 13.3. The molecule has 0 unspecified atom stereocenters. The number of carbonyl (C=O) groups excluding carboxylic acids is 2. The van der Waals surface area contributed by atoms with E-state index in [0.717, 1.165) is 59.9 Å². The van der Waals surface area contributed by atoms with Crippen molar-refractivity contribution in [3.05, 3.63) is 65.7 Å². The largest absolute Gasteiger partial charge is 0.493 e. The fourth-order valence-corrected chi connectivity index (χ4v) is 4.41. The third-order valence-electron chi connectivity index (χ3n) is 6.07. The third-order valence-corrected chi connectivity index (χ3v) is 6.07. The van der Waals surface area contributed by atoms with Gasteiger partial charge in [-0.15, -0.1) is 0 Å². The summed E-state index contributed by atoms with van der Waals surface area (Å²) < 4.78 is 5.76. The first-order valence-corrected chi connectivity index (χ1v) is 11.1. The second-order valence-electron chi connectivity index (χ2n) is 8.26. The van der Waals surface area contributed by atoms with E-state index in [1.54, 1.807) is 0 Å². The molecule has 31 heavy (non-hydrogen) atoms. The molecular weight excluding hydrogens is 388 g/mol. The van der Waals surface area contributed by atoms with Crippen LogP contribution in [0.5, 0.6) is 5.75 Å². The Morgan fingerprint density at radius 2 is 1.94 bits per heavy atom. The van der Waals surface area contributed by atoms with Crippen molar-refractivity contribution < 1.29 is 14.3 Å². The molecule has 3 aromatic rings. The Hall–Kier alpha value is -3.34. The zero-order chi connectivity index (χ0) is 21.4. The number of benzene rings is 3. The van der Waals surface area contributed by atoms with Crippen molar-refractivity contribution in [2.75, 3.05) is 23.4 Å². The van der Waals surface area contributed by atoms with Crippen molar-refractivity contribution in [3.8, 4) is 5.75 Å². The van der Waals surface area contributed by atoms with Gasteiger partial charge in [-0.25, -0.2) is 0 Å². The molecule has 0 spiro atoms. The third kappa shape index (κ3) is 3.76. The van der Waals surface area contributed by atoms with Crippen LogP contribution in [0.2, 0.25) is 0 Å². The molecule has 158 valence electrons. The minimum Gasteiger partial charge on any atom is -0.493 e. The van der Waals surface area contributed by atoms with Gasteiger partial charge in [0.2, 0.25) is 5.91 Å². The van der Waals surface area contributed by atoms with Crippen molar-refractivity contribution in [2.24, 2.45) is 5.92 Å². The first-order chi connectivity index (χ1) is 15.2. The Balaban J connectivity index is 1.45. The van der Waals surface area contributed by atoms with Crippen LogP contribution in [0.25, 0.3) is 10.8 Å². The van der Waals surface area contributed by atoms with Gasteiger partial charge in [0.05, 0.1) is 12.2 Å². The highest BCUT2D eigenvalue weighted by molar-refractivity contribution is 6.15. The minimum atomic E-state index is -0.193. The zero-order valence-corrected chi connectivity index (χ0v) is 17.7. The lowest BCUT2D eigenvalue weighted by molar-refractivity contribution is -0.119. The lowest BCUT2D eigenvalue weighted by Crippen LogP contribution is -2.36. The van der Waals surface area contributed by atoms with E-state index in [2.05, 4.69) is 5.32 Å². The van der Waals surface area contributed by atoms with E-state index in [0.29, 0.717) is 17.9 Å². The number of aryl methyl sites for hydroxylation is 1. The summed E-state index contributed by atoms with van der Waals surface area (Å²) in [6, 6.07) is 17.5. The molecule has 5 heteroatoms. The Labute approximate surface area is 182 Å². The highest BCUT2D eigenvalue weighted by Gasteiger charge is 2.35. The number of carbonyl (C=O) groups is 2. The van der Waals surface area contributed by atoms with Crippen molar-refractivity contribution in [1.82, 2.24) is 0 Å². The van der Waals surface area contributed by atoms with Gasteiger partial charge in [0.25, 0.3) is 5.91 Å². The molecule has 1 aliphatic carbocycles. The number of fused-ring (bicyclic) bond motifs is 2. The van der Waals surface area contributed by atoms with Crippen LogP contribution in [0.1, 0.15) is 42.1 Å². The van der Waals surface area contributed by atoms with Gasteiger partial charge in [-0.2, -0.15) is 0 Å². The molecule has 1 saturated carbocycles. The Morgan fingerprint density at radius 1 is 1.10 bits per heavy atom. The van der Waals surface area contributed by atoms with E-state index in [4.69, 9.17) is 4.74 Å². The summed E-state index contributed by atoms with van der Waals surface area (Å²) in [6.07, 6.45) is 3.87. The van der Waals surface area contributed by atoms with Gasteiger partial charge in [-0.3, -0.25) is 9.59 Å². The van der Waals surface area contributed by atoms with Crippen molar-refractivity contribution in [3.63, 3.8) is 0 Å². The van der Waals surface area contributed by atoms with E-state index in [9.17, 15) is 9.59 Å². The van der Waals surface area contributed by atoms with Crippen LogP contribution in [0.4, 0.5) is 11.4 Å². The second kappa shape index (κ2) is 8.06. The SMILES string of the molecule is CCOc1ccc2ccccc2c1C(=O)Nc1ccc2c(c1)CCCN2C(=O)C1CC1. The topological polar surface area (TPSA) is 58.6 Å². The highest BCUT2D eigenvalue weighted by Crippen LogP contribution is 2.37. The maximum absolute atomic E-state index is 13.3. The molecule has 5 nitrogen and oxygen atoms in total. The van der Waals surface area contributed by atoms with Gasteiger partial charge in [-0.05, 0) is 73.2 Å². The number of rotatable bonds is 5. The van der Waals surface area contributed by atoms with Gasteiger partial charge < -0.3 is 15.0 Å². The molecule has 0 aromatic heterocycles. The van der Waals surface area contributed by atoms with Crippen molar-refractivity contribution in [1.29, 1.82) is 0 Å². The number of hydrogen-bond acceptors (Lipinski definition) is 3. The molecule has 1 N–H and O–H groups in total. The molecule has 1 fully saturated rings. The summed E-state index contributed by atoms with van der Waals surface area (Å²) in [6.45, 7) is 3.18. The summed E-state index contributed by atoms with van der Waals surface area (Å²) in [5, 5.41) is 4.92. The number of nitrogens with one attached hydrogen (secondary N) is 1. The summed E-state index contributed by atoms with van der Waals surface area (Å²) in [5.74, 6) is 0.836. The van der Waals surface area contributed by atoms with Crippen molar-refractivity contribution in [2.45, 2.75) is 32.6 Å². The molecule has 5 rings (SSSR count). The van der Waals surface area contributed by atoms with Crippen LogP contribution in [0, 0.1) is 5.92 Å². The lowest BCUT2D eigenvalue weighted by Gasteiger charge is -2.30. The number of hydrogen-bond donors (Lipinski definition) is 1.